The molecule has 2 aliphatic rings. The van der Waals surface area contributed by atoms with E-state index in [2.05, 4.69) is 11.3 Å². The fourth-order valence-electron chi connectivity index (χ4n) is 4.08. The summed E-state index contributed by atoms with van der Waals surface area (Å²) >= 11 is 0. The Balaban J connectivity index is 1.92. The van der Waals surface area contributed by atoms with Gasteiger partial charge < -0.3 is 29.0 Å². The lowest BCUT2D eigenvalue weighted by Crippen LogP contribution is -2.50. The van der Waals surface area contributed by atoms with Crippen molar-refractivity contribution < 1.29 is 38.4 Å². The Morgan fingerprint density at radius 1 is 1.24 bits per heavy atom. The number of carbonyl (C=O) groups excluding carboxylic acids is 3. The lowest BCUT2D eigenvalue weighted by atomic mass is 10.1. The van der Waals surface area contributed by atoms with Crippen molar-refractivity contribution >= 4 is 23.7 Å². The van der Waals surface area contributed by atoms with Gasteiger partial charge in [-0.3, -0.25) is 9.59 Å². The van der Waals surface area contributed by atoms with Crippen LogP contribution < -0.4 is 14.4 Å². The minimum atomic E-state index is -1.28. The van der Waals surface area contributed by atoms with Crippen LogP contribution in [0, 0.1) is 0 Å². The largest absolute Gasteiger partial charge is 0.493 e. The molecule has 2 aliphatic heterocycles. The predicted octanol–water partition coefficient (Wildman–Crippen LogP) is 2.48. The molecule has 1 fully saturated rings. The molecule has 2 heterocycles. The van der Waals surface area contributed by atoms with Gasteiger partial charge in [-0.15, -0.1) is 0 Å². The highest BCUT2D eigenvalue weighted by Gasteiger charge is 2.45. The molecule has 10 heteroatoms. The van der Waals surface area contributed by atoms with E-state index in [9.17, 15) is 19.5 Å². The summed E-state index contributed by atoms with van der Waals surface area (Å²) in [7, 11) is 2.79. The minimum Gasteiger partial charge on any atom is -0.493 e. The molecule has 0 spiro atoms. The van der Waals surface area contributed by atoms with Gasteiger partial charge in [0, 0.05) is 19.0 Å². The highest BCUT2D eigenvalue weighted by atomic mass is 16.6. The lowest BCUT2D eigenvalue weighted by molar-refractivity contribution is -0.140. The second kappa shape index (κ2) is 11.0. The molecule has 2 atom stereocenters. The molecule has 1 N–H and O–H groups in total. The van der Waals surface area contributed by atoms with E-state index in [1.54, 1.807) is 4.90 Å². The molecule has 33 heavy (non-hydrogen) atoms. The van der Waals surface area contributed by atoms with Crippen molar-refractivity contribution in [2.45, 2.75) is 44.4 Å². The number of hydrogen-bond donors (Lipinski definition) is 1. The monoisotopic (exact) mass is 462 g/mol. The number of rotatable bonds is 9. The van der Waals surface area contributed by atoms with E-state index in [1.165, 1.54) is 32.4 Å². The molecule has 0 radical (unpaired) electrons. The first-order chi connectivity index (χ1) is 15.9. The first kappa shape index (κ1) is 24.4. The van der Waals surface area contributed by atoms with Gasteiger partial charge in [-0.05, 0) is 31.7 Å². The van der Waals surface area contributed by atoms with E-state index in [-0.39, 0.29) is 42.8 Å². The van der Waals surface area contributed by atoms with Crippen LogP contribution in [-0.2, 0) is 14.3 Å². The molecule has 3 rings (SSSR count). The number of aliphatic hydroxyl groups is 1. The third-order valence-electron chi connectivity index (χ3n) is 5.72. The van der Waals surface area contributed by atoms with Crippen molar-refractivity contribution in [1.82, 2.24) is 4.90 Å². The first-order valence-corrected chi connectivity index (χ1v) is 10.9. The SMILES string of the molecule is C=CCOC(=O)N1c2cc(OCCCCC(=O)OC)c(OC)cc2C(=O)N2CCC[C@H]2C1O. The van der Waals surface area contributed by atoms with Crippen LogP contribution in [0.4, 0.5) is 10.5 Å². The van der Waals surface area contributed by atoms with Crippen molar-refractivity contribution in [3.05, 3.63) is 30.4 Å². The number of benzene rings is 1. The number of carbonyl (C=O) groups is 3. The smallest absolute Gasteiger partial charge is 0.416 e. The van der Waals surface area contributed by atoms with Crippen LogP contribution in [0.5, 0.6) is 11.5 Å². The summed E-state index contributed by atoms with van der Waals surface area (Å²) in [5, 5.41) is 11.1. The standard InChI is InChI=1S/C23H30N2O8/c1-4-11-33-23(29)25-17-14-19(32-12-6-5-9-20(26)31-3)18(30-2)13-15(17)21(27)24-10-7-8-16(24)22(25)28/h4,13-14,16,22,28H,1,5-12H2,2-3H3/t16-,22?/m0/s1. The van der Waals surface area contributed by atoms with Gasteiger partial charge in [0.05, 0.1) is 38.1 Å². The van der Waals surface area contributed by atoms with Crippen molar-refractivity contribution in [2.75, 3.05) is 38.9 Å². The van der Waals surface area contributed by atoms with Gasteiger partial charge in [0.15, 0.2) is 17.7 Å². The van der Waals surface area contributed by atoms with Crippen molar-refractivity contribution in [2.24, 2.45) is 0 Å². The third-order valence-corrected chi connectivity index (χ3v) is 5.72. The molecule has 2 amide bonds. The summed E-state index contributed by atoms with van der Waals surface area (Å²) in [6.07, 6.45) is 2.08. The molecule has 1 aromatic carbocycles. The van der Waals surface area contributed by atoms with Gasteiger partial charge in [0.25, 0.3) is 5.91 Å². The maximum Gasteiger partial charge on any atom is 0.416 e. The fourth-order valence-corrected chi connectivity index (χ4v) is 4.08. The third kappa shape index (κ3) is 5.22. The Morgan fingerprint density at radius 3 is 2.73 bits per heavy atom. The summed E-state index contributed by atoms with van der Waals surface area (Å²) < 4.78 is 21.1. The maximum atomic E-state index is 13.3. The topological polar surface area (TPSA) is 115 Å². The quantitative estimate of drug-likeness (QED) is 0.338. The average Bonchev–Trinajstić information content (AvgIpc) is 3.29. The van der Waals surface area contributed by atoms with E-state index < -0.39 is 18.4 Å². The molecule has 10 nitrogen and oxygen atoms in total. The first-order valence-electron chi connectivity index (χ1n) is 10.9. The summed E-state index contributed by atoms with van der Waals surface area (Å²) in [5.74, 6) is 0.0346. The van der Waals surface area contributed by atoms with Crippen LogP contribution in [-0.4, -0.2) is 74.2 Å². The molecule has 0 aromatic heterocycles. The Kier molecular flexibility index (Phi) is 8.16. The number of anilines is 1. The highest BCUT2D eigenvalue weighted by molar-refractivity contribution is 6.06. The van der Waals surface area contributed by atoms with Gasteiger partial charge in [-0.1, -0.05) is 12.7 Å². The van der Waals surface area contributed by atoms with Crippen LogP contribution in [0.1, 0.15) is 42.5 Å². The van der Waals surface area contributed by atoms with E-state index in [0.29, 0.717) is 37.3 Å². The second-order valence-electron chi connectivity index (χ2n) is 7.76. The number of aliphatic hydroxyl groups excluding tert-OH is 1. The van der Waals surface area contributed by atoms with E-state index in [1.807, 2.05) is 0 Å². The van der Waals surface area contributed by atoms with Crippen LogP contribution >= 0.6 is 0 Å². The molecule has 1 unspecified atom stereocenters. The van der Waals surface area contributed by atoms with Gasteiger partial charge in [0.2, 0.25) is 0 Å². The summed E-state index contributed by atoms with van der Waals surface area (Å²) in [6.45, 7) is 4.26. The number of hydrogen-bond acceptors (Lipinski definition) is 8. The van der Waals surface area contributed by atoms with E-state index >= 15 is 0 Å². The Labute approximate surface area is 192 Å². The van der Waals surface area contributed by atoms with Crippen molar-refractivity contribution in [3.63, 3.8) is 0 Å². The number of fused-ring (bicyclic) bond motifs is 2. The molecule has 0 bridgehead atoms. The van der Waals surface area contributed by atoms with Crippen LogP contribution in [0.2, 0.25) is 0 Å². The van der Waals surface area contributed by atoms with E-state index in [0.717, 1.165) is 11.3 Å². The zero-order valence-corrected chi connectivity index (χ0v) is 19.0. The van der Waals surface area contributed by atoms with Gasteiger partial charge in [-0.2, -0.15) is 0 Å². The molecular weight excluding hydrogens is 432 g/mol. The van der Waals surface area contributed by atoms with Crippen LogP contribution in [0.15, 0.2) is 24.8 Å². The lowest BCUT2D eigenvalue weighted by Gasteiger charge is -2.31. The number of esters is 1. The van der Waals surface area contributed by atoms with Gasteiger partial charge >= 0.3 is 12.1 Å². The zero-order valence-electron chi connectivity index (χ0n) is 19.0. The number of nitrogens with zero attached hydrogens (tertiary/aromatic N) is 2. The highest BCUT2D eigenvalue weighted by Crippen LogP contribution is 2.41. The summed E-state index contributed by atoms with van der Waals surface area (Å²) in [5.41, 5.74) is 0.394. The van der Waals surface area contributed by atoms with Gasteiger partial charge in [-0.25, -0.2) is 9.69 Å². The Hall–Kier alpha value is -3.27. The van der Waals surface area contributed by atoms with Crippen molar-refractivity contribution in [3.8, 4) is 11.5 Å². The average molecular weight is 462 g/mol. The molecule has 0 aliphatic carbocycles. The van der Waals surface area contributed by atoms with E-state index in [4.69, 9.17) is 14.2 Å². The molecular formula is C23H30N2O8. The Morgan fingerprint density at radius 2 is 2.03 bits per heavy atom. The molecule has 180 valence electrons. The number of methoxy groups -OCH3 is 2. The Bertz CT molecular complexity index is 903. The minimum absolute atomic E-state index is 0.0422. The number of ether oxygens (including phenoxy) is 4. The second-order valence-corrected chi connectivity index (χ2v) is 7.76. The fraction of sp³-hybridized carbons (Fsp3) is 0.522. The maximum absolute atomic E-state index is 13.3. The van der Waals surface area contributed by atoms with Gasteiger partial charge in [0.1, 0.15) is 6.61 Å². The zero-order chi connectivity index (χ0) is 24.0. The summed E-state index contributed by atoms with van der Waals surface area (Å²) in [6, 6.07) is 2.48. The summed E-state index contributed by atoms with van der Waals surface area (Å²) in [4.78, 5) is 40.1. The molecule has 0 saturated carbocycles. The number of amides is 2. The van der Waals surface area contributed by atoms with Crippen molar-refractivity contribution in [1.29, 1.82) is 0 Å². The van der Waals surface area contributed by atoms with Crippen LogP contribution in [0.3, 0.4) is 0 Å². The number of unbranched alkanes of at least 4 members (excludes halogenated alkanes) is 1. The molecule has 1 saturated heterocycles. The normalized spacial score (nSPS) is 19.3. The predicted molar refractivity (Wildman–Crippen MR) is 118 cm³/mol. The van der Waals surface area contributed by atoms with Crippen LogP contribution in [0.25, 0.3) is 0 Å². The molecule has 1 aromatic rings.